The number of carbonyl (C=O) groups excluding carboxylic acids is 2. The maximum atomic E-state index is 12.4. The Morgan fingerprint density at radius 2 is 1.97 bits per heavy atom. The first-order chi connectivity index (χ1) is 13.7. The summed E-state index contributed by atoms with van der Waals surface area (Å²) in [6.07, 6.45) is 2.10. The van der Waals surface area contributed by atoms with E-state index in [1.807, 2.05) is 0 Å². The van der Waals surface area contributed by atoms with Crippen molar-refractivity contribution in [2.24, 2.45) is 14.1 Å². The third-order valence-electron chi connectivity index (χ3n) is 4.43. The zero-order valence-corrected chi connectivity index (χ0v) is 17.2. The van der Waals surface area contributed by atoms with Gasteiger partial charge in [0.05, 0.1) is 19.1 Å². The van der Waals surface area contributed by atoms with Crippen LogP contribution < -0.4 is 16.6 Å². The number of hydrogen-bond donors (Lipinski definition) is 1. The van der Waals surface area contributed by atoms with Crippen LogP contribution in [0, 0.1) is 6.92 Å². The molecule has 0 saturated carbocycles. The molecule has 29 heavy (non-hydrogen) atoms. The van der Waals surface area contributed by atoms with Crippen LogP contribution in [0.1, 0.15) is 28.2 Å². The van der Waals surface area contributed by atoms with Crippen LogP contribution in [-0.4, -0.2) is 42.7 Å². The van der Waals surface area contributed by atoms with Gasteiger partial charge in [-0.25, -0.2) is 19.6 Å². The van der Waals surface area contributed by atoms with Gasteiger partial charge in [0.25, 0.3) is 5.56 Å². The zero-order valence-electron chi connectivity index (χ0n) is 16.4. The van der Waals surface area contributed by atoms with Crippen LogP contribution in [-0.2, 0) is 30.2 Å². The SMILES string of the molecule is COC(=O)c1sc(NC(=O)CCCn2cnc3c2c(=O)n(C)c(=O)n3C)nc1C. The molecule has 3 aromatic rings. The monoisotopic (exact) mass is 420 g/mol. The van der Waals surface area contributed by atoms with E-state index in [0.717, 1.165) is 15.9 Å². The van der Waals surface area contributed by atoms with E-state index in [9.17, 15) is 19.2 Å². The molecule has 12 heteroatoms. The molecule has 3 aromatic heterocycles. The Bertz CT molecular complexity index is 1220. The molecule has 3 rings (SSSR count). The number of nitrogens with one attached hydrogen (secondary N) is 1. The lowest BCUT2D eigenvalue weighted by Gasteiger charge is -2.06. The minimum atomic E-state index is -0.497. The van der Waals surface area contributed by atoms with Crippen LogP contribution in [0.3, 0.4) is 0 Å². The summed E-state index contributed by atoms with van der Waals surface area (Å²) in [4.78, 5) is 56.8. The van der Waals surface area contributed by atoms with Crippen molar-refractivity contribution in [2.45, 2.75) is 26.3 Å². The molecule has 1 amide bonds. The van der Waals surface area contributed by atoms with E-state index < -0.39 is 17.2 Å². The normalized spacial score (nSPS) is 11.0. The van der Waals surface area contributed by atoms with Crippen LogP contribution in [0.2, 0.25) is 0 Å². The number of imidazole rings is 1. The first kappa shape index (κ1) is 20.5. The lowest BCUT2D eigenvalue weighted by atomic mass is 10.3. The van der Waals surface area contributed by atoms with Gasteiger partial charge in [0.2, 0.25) is 5.91 Å². The molecule has 0 aliphatic rings. The van der Waals surface area contributed by atoms with Crippen molar-refractivity contribution in [1.82, 2.24) is 23.7 Å². The summed E-state index contributed by atoms with van der Waals surface area (Å²) < 4.78 is 8.64. The van der Waals surface area contributed by atoms with Gasteiger partial charge in [-0.05, 0) is 13.3 Å². The highest BCUT2D eigenvalue weighted by molar-refractivity contribution is 7.17. The van der Waals surface area contributed by atoms with Crippen molar-refractivity contribution in [3.8, 4) is 0 Å². The van der Waals surface area contributed by atoms with Gasteiger partial charge in [0.15, 0.2) is 16.3 Å². The summed E-state index contributed by atoms with van der Waals surface area (Å²) in [5.74, 6) is -0.761. The Morgan fingerprint density at radius 3 is 2.66 bits per heavy atom. The van der Waals surface area contributed by atoms with Crippen LogP contribution >= 0.6 is 11.3 Å². The molecule has 0 radical (unpaired) electrons. The standard InChI is InChI=1S/C17H20N6O5S/c1-9-12(15(26)28-4)29-16(19-9)20-10(24)6-5-7-23-8-18-13-11(23)14(25)22(3)17(27)21(13)2/h8H,5-7H2,1-4H3,(H,19,20,24). The second-order valence-corrected chi connectivity index (χ2v) is 7.39. The summed E-state index contributed by atoms with van der Waals surface area (Å²) in [6, 6.07) is 0. The molecule has 0 atom stereocenters. The number of amides is 1. The van der Waals surface area contributed by atoms with Gasteiger partial charge < -0.3 is 14.6 Å². The van der Waals surface area contributed by atoms with Crippen molar-refractivity contribution in [3.05, 3.63) is 37.7 Å². The molecule has 0 aliphatic carbocycles. The molecular formula is C17H20N6O5S. The van der Waals surface area contributed by atoms with E-state index in [0.29, 0.717) is 39.8 Å². The largest absolute Gasteiger partial charge is 0.465 e. The average Bonchev–Trinajstić information content (AvgIpc) is 3.27. The highest BCUT2D eigenvalue weighted by atomic mass is 32.1. The van der Waals surface area contributed by atoms with E-state index in [-0.39, 0.29) is 12.3 Å². The maximum Gasteiger partial charge on any atom is 0.350 e. The minimum absolute atomic E-state index is 0.179. The van der Waals surface area contributed by atoms with E-state index in [4.69, 9.17) is 0 Å². The number of aryl methyl sites for hydroxylation is 3. The Hall–Kier alpha value is -3.28. The molecular weight excluding hydrogens is 400 g/mol. The number of anilines is 1. The molecule has 0 aromatic carbocycles. The van der Waals surface area contributed by atoms with Crippen LogP contribution in [0.5, 0.6) is 0 Å². The molecule has 0 fully saturated rings. The highest BCUT2D eigenvalue weighted by Crippen LogP contribution is 2.23. The molecule has 154 valence electrons. The van der Waals surface area contributed by atoms with Gasteiger partial charge in [-0.15, -0.1) is 0 Å². The smallest absolute Gasteiger partial charge is 0.350 e. The summed E-state index contributed by atoms with van der Waals surface area (Å²) in [5.41, 5.74) is 0.226. The Labute approximate surface area is 168 Å². The molecule has 3 heterocycles. The molecule has 1 N–H and O–H groups in total. The lowest BCUT2D eigenvalue weighted by Crippen LogP contribution is -2.37. The van der Waals surface area contributed by atoms with Gasteiger partial charge in [0, 0.05) is 27.1 Å². The Balaban J connectivity index is 1.66. The van der Waals surface area contributed by atoms with Crippen molar-refractivity contribution < 1.29 is 14.3 Å². The van der Waals surface area contributed by atoms with Crippen LogP contribution in [0.15, 0.2) is 15.9 Å². The number of rotatable bonds is 6. The van der Waals surface area contributed by atoms with Crippen molar-refractivity contribution >= 4 is 39.5 Å². The van der Waals surface area contributed by atoms with E-state index >= 15 is 0 Å². The lowest BCUT2D eigenvalue weighted by molar-refractivity contribution is -0.116. The fraction of sp³-hybridized carbons (Fsp3) is 0.412. The first-order valence-electron chi connectivity index (χ1n) is 8.71. The highest BCUT2D eigenvalue weighted by Gasteiger charge is 2.17. The molecule has 0 saturated heterocycles. The predicted molar refractivity (Wildman–Crippen MR) is 106 cm³/mol. The van der Waals surface area contributed by atoms with Gasteiger partial charge in [0.1, 0.15) is 4.88 Å². The topological polar surface area (TPSA) is 130 Å². The van der Waals surface area contributed by atoms with Crippen molar-refractivity contribution in [1.29, 1.82) is 0 Å². The Morgan fingerprint density at radius 1 is 1.24 bits per heavy atom. The van der Waals surface area contributed by atoms with E-state index in [1.54, 1.807) is 18.5 Å². The summed E-state index contributed by atoms with van der Waals surface area (Å²) >= 11 is 1.05. The quantitative estimate of drug-likeness (QED) is 0.571. The number of thiazole rings is 1. The molecule has 0 spiro atoms. The third kappa shape index (κ3) is 3.83. The summed E-state index contributed by atoms with van der Waals surface area (Å²) in [7, 11) is 4.24. The van der Waals surface area contributed by atoms with Crippen molar-refractivity contribution in [2.75, 3.05) is 12.4 Å². The first-order valence-corrected chi connectivity index (χ1v) is 9.52. The van der Waals surface area contributed by atoms with Crippen LogP contribution in [0.25, 0.3) is 11.2 Å². The molecule has 0 unspecified atom stereocenters. The molecule has 11 nitrogen and oxygen atoms in total. The minimum Gasteiger partial charge on any atom is -0.465 e. The van der Waals surface area contributed by atoms with Crippen LogP contribution in [0.4, 0.5) is 5.13 Å². The number of methoxy groups -OCH3 is 1. The number of ether oxygens (including phenoxy) is 1. The second kappa shape index (κ2) is 7.99. The summed E-state index contributed by atoms with van der Waals surface area (Å²) in [5, 5.41) is 2.98. The van der Waals surface area contributed by atoms with Gasteiger partial charge in [-0.3, -0.25) is 18.7 Å². The molecule has 0 aliphatic heterocycles. The van der Waals surface area contributed by atoms with E-state index in [1.165, 1.54) is 25.1 Å². The second-order valence-electron chi connectivity index (χ2n) is 6.39. The third-order valence-corrected chi connectivity index (χ3v) is 5.49. The fourth-order valence-corrected chi connectivity index (χ4v) is 3.79. The number of fused-ring (bicyclic) bond motifs is 1. The summed E-state index contributed by atoms with van der Waals surface area (Å²) in [6.45, 7) is 2.04. The van der Waals surface area contributed by atoms with E-state index in [2.05, 4.69) is 20.0 Å². The number of carbonyl (C=O) groups is 2. The Kier molecular flexibility index (Phi) is 5.64. The molecule has 0 bridgehead atoms. The fourth-order valence-electron chi connectivity index (χ4n) is 2.89. The van der Waals surface area contributed by atoms with Gasteiger partial charge in [-0.2, -0.15) is 0 Å². The number of hydrogen-bond acceptors (Lipinski definition) is 8. The van der Waals surface area contributed by atoms with Gasteiger partial charge >= 0.3 is 11.7 Å². The number of esters is 1. The zero-order chi connectivity index (χ0) is 21.3. The maximum absolute atomic E-state index is 12.4. The predicted octanol–water partition coefficient (Wildman–Crippen LogP) is 0.404. The number of aromatic nitrogens is 5. The average molecular weight is 420 g/mol. The van der Waals surface area contributed by atoms with Gasteiger partial charge in [-0.1, -0.05) is 11.3 Å². The van der Waals surface area contributed by atoms with Crippen molar-refractivity contribution in [3.63, 3.8) is 0 Å². The number of nitrogens with zero attached hydrogens (tertiary/aromatic N) is 5.